The second kappa shape index (κ2) is 8.77. The molecule has 1 rings (SSSR count). The van der Waals surface area contributed by atoms with Crippen molar-refractivity contribution < 1.29 is 9.13 Å². The molecule has 106 valence electrons. The molecular weight excluding hydrogens is 265 g/mol. The highest BCUT2D eigenvalue weighted by molar-refractivity contribution is 7.99. The number of hydrogen-bond acceptors (Lipinski definition) is 3. The van der Waals surface area contributed by atoms with Crippen molar-refractivity contribution >= 4 is 17.7 Å². The fourth-order valence-electron chi connectivity index (χ4n) is 1.45. The molecule has 3 N–H and O–H groups in total. The molecule has 0 aliphatic heterocycles. The molecule has 19 heavy (non-hydrogen) atoms. The molecule has 0 aliphatic rings. The van der Waals surface area contributed by atoms with Crippen molar-refractivity contribution in [2.45, 2.75) is 17.9 Å². The Balaban J connectivity index is 2.23. The van der Waals surface area contributed by atoms with E-state index in [1.165, 1.54) is 12.1 Å². The summed E-state index contributed by atoms with van der Waals surface area (Å²) in [6.07, 6.45) is 0. The van der Waals surface area contributed by atoms with E-state index in [4.69, 9.17) is 10.5 Å². The predicted molar refractivity (Wildman–Crippen MR) is 78.1 cm³/mol. The van der Waals surface area contributed by atoms with E-state index in [2.05, 4.69) is 10.3 Å². The summed E-state index contributed by atoms with van der Waals surface area (Å²) < 4.78 is 17.7. The highest BCUT2D eigenvalue weighted by atomic mass is 32.2. The first kappa shape index (κ1) is 15.8. The summed E-state index contributed by atoms with van der Waals surface area (Å²) in [5.41, 5.74) is 5.73. The zero-order chi connectivity index (χ0) is 14.1. The fraction of sp³-hybridized carbons (Fsp3) is 0.462. The minimum atomic E-state index is -0.219. The lowest BCUT2D eigenvalue weighted by atomic mass is 10.4. The van der Waals surface area contributed by atoms with Crippen LogP contribution in [0, 0.1) is 5.82 Å². The Morgan fingerprint density at radius 1 is 1.47 bits per heavy atom. The van der Waals surface area contributed by atoms with E-state index < -0.39 is 0 Å². The number of thioether (sulfide) groups is 1. The quantitative estimate of drug-likeness (QED) is 0.347. The summed E-state index contributed by atoms with van der Waals surface area (Å²) in [6.45, 7) is 3.17. The van der Waals surface area contributed by atoms with Crippen LogP contribution in [0.2, 0.25) is 0 Å². The van der Waals surface area contributed by atoms with Gasteiger partial charge in [-0.25, -0.2) is 4.39 Å². The van der Waals surface area contributed by atoms with Gasteiger partial charge in [-0.05, 0) is 31.2 Å². The minimum absolute atomic E-state index is 0.138. The van der Waals surface area contributed by atoms with Crippen molar-refractivity contribution in [3.63, 3.8) is 0 Å². The van der Waals surface area contributed by atoms with Crippen LogP contribution in [0.5, 0.6) is 0 Å². The van der Waals surface area contributed by atoms with Crippen molar-refractivity contribution in [2.24, 2.45) is 10.7 Å². The number of rotatable bonds is 7. The smallest absolute Gasteiger partial charge is 0.188 e. The molecule has 4 nitrogen and oxygen atoms in total. The summed E-state index contributed by atoms with van der Waals surface area (Å²) in [7, 11) is 1.64. The third-order valence-electron chi connectivity index (χ3n) is 2.27. The van der Waals surface area contributed by atoms with E-state index >= 15 is 0 Å². The second-order valence-corrected chi connectivity index (χ2v) is 5.24. The van der Waals surface area contributed by atoms with Crippen molar-refractivity contribution in [3.05, 3.63) is 30.1 Å². The maximum atomic E-state index is 12.7. The zero-order valence-corrected chi connectivity index (χ0v) is 12.0. The normalized spacial score (nSPS) is 13.3. The summed E-state index contributed by atoms with van der Waals surface area (Å²) in [5.74, 6) is 0.999. The molecule has 0 aromatic heterocycles. The van der Waals surface area contributed by atoms with Gasteiger partial charge >= 0.3 is 0 Å². The highest BCUT2D eigenvalue weighted by Gasteiger charge is 2.01. The summed E-state index contributed by atoms with van der Waals surface area (Å²) in [6, 6.07) is 6.55. The monoisotopic (exact) mass is 285 g/mol. The number of benzene rings is 1. The number of nitrogens with zero attached hydrogens (tertiary/aromatic N) is 1. The Morgan fingerprint density at radius 2 is 2.16 bits per heavy atom. The number of hydrogen-bond donors (Lipinski definition) is 2. The van der Waals surface area contributed by atoms with Gasteiger partial charge in [0.2, 0.25) is 0 Å². The van der Waals surface area contributed by atoms with E-state index in [0.717, 1.165) is 10.6 Å². The molecule has 1 aromatic carbocycles. The SMILES string of the molecule is COCC(C)NC(N)=NCCSc1ccc(F)cc1. The lowest BCUT2D eigenvalue weighted by molar-refractivity contribution is 0.179. The maximum absolute atomic E-state index is 12.7. The van der Waals surface area contributed by atoms with Gasteiger partial charge in [0.1, 0.15) is 5.82 Å². The van der Waals surface area contributed by atoms with Gasteiger partial charge < -0.3 is 15.8 Å². The molecule has 6 heteroatoms. The molecule has 0 bridgehead atoms. The van der Waals surface area contributed by atoms with Crippen LogP contribution in [0.1, 0.15) is 6.92 Å². The lowest BCUT2D eigenvalue weighted by Crippen LogP contribution is -2.40. The number of ether oxygens (including phenoxy) is 1. The summed E-state index contributed by atoms with van der Waals surface area (Å²) >= 11 is 1.62. The van der Waals surface area contributed by atoms with Crippen LogP contribution in [-0.2, 0) is 4.74 Å². The first-order valence-electron chi connectivity index (χ1n) is 6.05. The van der Waals surface area contributed by atoms with Crippen LogP contribution in [-0.4, -0.2) is 38.0 Å². The van der Waals surface area contributed by atoms with E-state index in [1.54, 1.807) is 31.0 Å². The number of methoxy groups -OCH3 is 1. The minimum Gasteiger partial charge on any atom is -0.383 e. The molecule has 1 atom stereocenters. The number of nitrogens with one attached hydrogen (secondary N) is 1. The van der Waals surface area contributed by atoms with E-state index in [0.29, 0.717) is 19.1 Å². The first-order chi connectivity index (χ1) is 9.11. The van der Waals surface area contributed by atoms with Gasteiger partial charge in [-0.1, -0.05) is 0 Å². The molecule has 1 aromatic rings. The molecule has 0 saturated carbocycles. The van der Waals surface area contributed by atoms with Crippen LogP contribution < -0.4 is 11.1 Å². The molecule has 0 aliphatic carbocycles. The second-order valence-electron chi connectivity index (χ2n) is 4.07. The topological polar surface area (TPSA) is 59.6 Å². The number of aliphatic imine (C=N–C) groups is 1. The average Bonchev–Trinajstić information content (AvgIpc) is 2.37. The molecule has 0 fully saturated rings. The van der Waals surface area contributed by atoms with Gasteiger partial charge in [0.15, 0.2) is 5.96 Å². The molecule has 0 saturated heterocycles. The third kappa shape index (κ3) is 7.03. The summed E-state index contributed by atoms with van der Waals surface area (Å²) in [4.78, 5) is 5.24. The predicted octanol–water partition coefficient (Wildman–Crippen LogP) is 1.86. The lowest BCUT2D eigenvalue weighted by Gasteiger charge is -2.12. The molecule has 1 unspecified atom stereocenters. The van der Waals surface area contributed by atoms with Crippen LogP contribution in [0.15, 0.2) is 34.2 Å². The highest BCUT2D eigenvalue weighted by Crippen LogP contribution is 2.17. The van der Waals surface area contributed by atoms with Crippen molar-refractivity contribution in [1.29, 1.82) is 0 Å². The van der Waals surface area contributed by atoms with Gasteiger partial charge in [-0.2, -0.15) is 0 Å². The fourth-order valence-corrected chi connectivity index (χ4v) is 2.20. The zero-order valence-electron chi connectivity index (χ0n) is 11.2. The Morgan fingerprint density at radius 3 is 2.79 bits per heavy atom. The average molecular weight is 285 g/mol. The maximum Gasteiger partial charge on any atom is 0.188 e. The van der Waals surface area contributed by atoms with Crippen molar-refractivity contribution in [1.82, 2.24) is 5.32 Å². The van der Waals surface area contributed by atoms with Crippen LogP contribution in [0.25, 0.3) is 0 Å². The molecule has 0 heterocycles. The number of halogens is 1. The van der Waals surface area contributed by atoms with Crippen LogP contribution in [0.4, 0.5) is 4.39 Å². The molecule has 0 amide bonds. The standard InChI is InChI=1S/C13H20FN3OS/c1-10(9-18-2)17-13(15)16-7-8-19-12-5-3-11(14)4-6-12/h3-6,10H,7-9H2,1-2H3,(H3,15,16,17). The molecular formula is C13H20FN3OS. The molecule has 0 radical (unpaired) electrons. The van der Waals surface area contributed by atoms with Gasteiger partial charge in [-0.15, -0.1) is 11.8 Å². The number of nitrogens with two attached hydrogens (primary N) is 1. The van der Waals surface area contributed by atoms with Crippen molar-refractivity contribution in [2.75, 3.05) is 26.0 Å². The van der Waals surface area contributed by atoms with Crippen molar-refractivity contribution in [3.8, 4) is 0 Å². The third-order valence-corrected chi connectivity index (χ3v) is 3.26. The van der Waals surface area contributed by atoms with E-state index in [9.17, 15) is 4.39 Å². The van der Waals surface area contributed by atoms with Crippen LogP contribution >= 0.6 is 11.8 Å². The van der Waals surface area contributed by atoms with Gasteiger partial charge in [0.05, 0.1) is 13.2 Å². The van der Waals surface area contributed by atoms with Crippen LogP contribution in [0.3, 0.4) is 0 Å². The molecule has 0 spiro atoms. The Labute approximate surface area is 117 Å². The van der Waals surface area contributed by atoms with Gasteiger partial charge in [0, 0.05) is 23.8 Å². The van der Waals surface area contributed by atoms with E-state index in [1.807, 2.05) is 6.92 Å². The van der Waals surface area contributed by atoms with Gasteiger partial charge in [0.25, 0.3) is 0 Å². The first-order valence-corrected chi connectivity index (χ1v) is 7.04. The largest absolute Gasteiger partial charge is 0.383 e. The number of guanidine groups is 1. The Bertz CT molecular complexity index is 397. The Hall–Kier alpha value is -1.27. The van der Waals surface area contributed by atoms with Gasteiger partial charge in [-0.3, -0.25) is 4.99 Å². The Kier molecular flexibility index (Phi) is 7.28. The van der Waals surface area contributed by atoms with E-state index in [-0.39, 0.29) is 11.9 Å². The summed E-state index contributed by atoms with van der Waals surface area (Å²) in [5, 5.41) is 3.03.